The molecule has 13 heavy (non-hydrogen) atoms. The summed E-state index contributed by atoms with van der Waals surface area (Å²) in [5.41, 5.74) is 0.265. The monoisotopic (exact) mass is 268 g/mol. The van der Waals surface area contributed by atoms with E-state index in [0.717, 1.165) is 23.9 Å². The van der Waals surface area contributed by atoms with Crippen molar-refractivity contribution in [1.82, 2.24) is 0 Å². The lowest BCUT2D eigenvalue weighted by molar-refractivity contribution is 0.584. The highest BCUT2D eigenvalue weighted by atomic mass is 79.9. The first kappa shape index (κ1) is 10.9. The molecule has 1 rings (SSSR count). The van der Waals surface area contributed by atoms with Gasteiger partial charge in [0.1, 0.15) is 11.6 Å². The largest absolute Gasteiger partial charge is 0.207 e. The molecule has 0 aliphatic rings. The van der Waals surface area contributed by atoms with E-state index in [4.69, 9.17) is 11.6 Å². The standard InChI is InChI=1S/C9H8BrClF2/c10-5-1-2-6-7(12)3-4-8(13)9(6)11/h3-4H,1-2,5H2. The lowest BCUT2D eigenvalue weighted by atomic mass is 10.1. The Labute approximate surface area is 89.0 Å². The minimum absolute atomic E-state index is 0.0963. The second-order valence-electron chi connectivity index (χ2n) is 2.61. The molecule has 0 heterocycles. The summed E-state index contributed by atoms with van der Waals surface area (Å²) in [6.45, 7) is 0. The molecule has 1 aromatic rings. The van der Waals surface area contributed by atoms with Gasteiger partial charge in [-0.25, -0.2) is 8.78 Å². The summed E-state index contributed by atoms with van der Waals surface area (Å²) in [6.07, 6.45) is 1.19. The molecule has 0 saturated heterocycles. The molecule has 0 aromatic heterocycles. The van der Waals surface area contributed by atoms with Gasteiger partial charge in [-0.2, -0.15) is 0 Å². The third-order valence-corrected chi connectivity index (χ3v) is 2.67. The Hall–Kier alpha value is -0.150. The summed E-state index contributed by atoms with van der Waals surface area (Å²) in [4.78, 5) is 0. The van der Waals surface area contributed by atoms with Gasteiger partial charge in [0.05, 0.1) is 5.02 Å². The smallest absolute Gasteiger partial charge is 0.142 e. The van der Waals surface area contributed by atoms with Gasteiger partial charge in [0.15, 0.2) is 0 Å². The summed E-state index contributed by atoms with van der Waals surface area (Å²) in [6, 6.07) is 2.14. The molecular formula is C9H8BrClF2. The molecule has 4 heteroatoms. The highest BCUT2D eigenvalue weighted by Crippen LogP contribution is 2.24. The van der Waals surface area contributed by atoms with Crippen LogP contribution in [0.15, 0.2) is 12.1 Å². The van der Waals surface area contributed by atoms with Crippen molar-refractivity contribution in [3.05, 3.63) is 34.4 Å². The molecule has 0 radical (unpaired) electrons. The van der Waals surface area contributed by atoms with Crippen LogP contribution < -0.4 is 0 Å². The van der Waals surface area contributed by atoms with Crippen LogP contribution in [0, 0.1) is 11.6 Å². The van der Waals surface area contributed by atoms with Crippen molar-refractivity contribution in [2.24, 2.45) is 0 Å². The van der Waals surface area contributed by atoms with Crippen molar-refractivity contribution in [3.63, 3.8) is 0 Å². The van der Waals surface area contributed by atoms with Crippen LogP contribution in [0.25, 0.3) is 0 Å². The van der Waals surface area contributed by atoms with Gasteiger partial charge in [0.2, 0.25) is 0 Å². The quantitative estimate of drug-likeness (QED) is 0.576. The second-order valence-corrected chi connectivity index (χ2v) is 3.79. The van der Waals surface area contributed by atoms with Crippen LogP contribution in [-0.2, 0) is 6.42 Å². The van der Waals surface area contributed by atoms with Crippen LogP contribution in [0.1, 0.15) is 12.0 Å². The second kappa shape index (κ2) is 4.91. The summed E-state index contributed by atoms with van der Waals surface area (Å²) < 4.78 is 26.0. The molecule has 0 spiro atoms. The molecule has 0 fully saturated rings. The van der Waals surface area contributed by atoms with Gasteiger partial charge in [0, 0.05) is 10.9 Å². The van der Waals surface area contributed by atoms with Crippen molar-refractivity contribution in [2.75, 3.05) is 5.33 Å². The number of rotatable bonds is 3. The van der Waals surface area contributed by atoms with Gasteiger partial charge in [-0.1, -0.05) is 27.5 Å². The fourth-order valence-electron chi connectivity index (χ4n) is 1.04. The van der Waals surface area contributed by atoms with E-state index in [-0.39, 0.29) is 10.6 Å². The molecule has 0 N–H and O–H groups in total. The van der Waals surface area contributed by atoms with Crippen molar-refractivity contribution >= 4 is 27.5 Å². The topological polar surface area (TPSA) is 0 Å². The SMILES string of the molecule is Fc1ccc(F)c(CCCBr)c1Cl. The molecule has 0 aliphatic heterocycles. The van der Waals surface area contributed by atoms with Crippen LogP contribution in [0.4, 0.5) is 8.78 Å². The normalized spacial score (nSPS) is 10.5. The zero-order valence-corrected chi connectivity index (χ0v) is 9.13. The molecule has 0 unspecified atom stereocenters. The maximum atomic E-state index is 13.1. The Kier molecular flexibility index (Phi) is 4.13. The van der Waals surface area contributed by atoms with Gasteiger partial charge in [-0.05, 0) is 25.0 Å². The Morgan fingerprint density at radius 3 is 2.46 bits per heavy atom. The molecule has 0 aliphatic carbocycles. The predicted octanol–water partition coefficient (Wildman–Crippen LogP) is 3.95. The third-order valence-electron chi connectivity index (χ3n) is 1.70. The molecule has 0 amide bonds. The summed E-state index contributed by atoms with van der Waals surface area (Å²) >= 11 is 8.82. The number of benzene rings is 1. The molecular weight excluding hydrogens is 261 g/mol. The van der Waals surface area contributed by atoms with Crippen LogP contribution in [0.2, 0.25) is 5.02 Å². The van der Waals surface area contributed by atoms with Crippen LogP contribution in [-0.4, -0.2) is 5.33 Å². The van der Waals surface area contributed by atoms with Crippen LogP contribution >= 0.6 is 27.5 Å². The van der Waals surface area contributed by atoms with Gasteiger partial charge in [0.25, 0.3) is 0 Å². The fraction of sp³-hybridized carbons (Fsp3) is 0.333. The maximum Gasteiger partial charge on any atom is 0.142 e. The van der Waals surface area contributed by atoms with Crippen LogP contribution in [0.3, 0.4) is 0 Å². The van der Waals surface area contributed by atoms with E-state index in [1.54, 1.807) is 0 Å². The van der Waals surface area contributed by atoms with E-state index in [0.29, 0.717) is 6.42 Å². The number of halogens is 4. The Balaban J connectivity index is 2.96. The number of hydrogen-bond donors (Lipinski definition) is 0. The van der Waals surface area contributed by atoms with E-state index in [1.807, 2.05) is 0 Å². The van der Waals surface area contributed by atoms with E-state index >= 15 is 0 Å². The van der Waals surface area contributed by atoms with Gasteiger partial charge >= 0.3 is 0 Å². The summed E-state index contributed by atoms with van der Waals surface area (Å²) in [5, 5.41) is 0.653. The first-order valence-corrected chi connectivity index (χ1v) is 5.35. The van der Waals surface area contributed by atoms with E-state index in [9.17, 15) is 8.78 Å². The Morgan fingerprint density at radius 2 is 1.85 bits per heavy atom. The maximum absolute atomic E-state index is 13.1. The van der Waals surface area contributed by atoms with E-state index < -0.39 is 11.6 Å². The molecule has 72 valence electrons. The van der Waals surface area contributed by atoms with Gasteiger partial charge in [-0.15, -0.1) is 0 Å². The average Bonchev–Trinajstić information content (AvgIpc) is 2.12. The highest BCUT2D eigenvalue weighted by Gasteiger charge is 2.10. The number of hydrogen-bond acceptors (Lipinski definition) is 0. The zero-order valence-electron chi connectivity index (χ0n) is 6.79. The minimum Gasteiger partial charge on any atom is -0.207 e. The average molecular weight is 270 g/mol. The molecule has 1 aromatic carbocycles. The summed E-state index contributed by atoms with van der Waals surface area (Å²) in [5.74, 6) is -1.00. The first-order chi connectivity index (χ1) is 6.16. The molecule has 0 atom stereocenters. The lowest BCUT2D eigenvalue weighted by Gasteiger charge is -2.04. The third kappa shape index (κ3) is 2.64. The highest BCUT2D eigenvalue weighted by molar-refractivity contribution is 9.09. The van der Waals surface area contributed by atoms with Crippen molar-refractivity contribution < 1.29 is 8.78 Å². The van der Waals surface area contributed by atoms with Crippen molar-refractivity contribution in [2.45, 2.75) is 12.8 Å². The lowest BCUT2D eigenvalue weighted by Crippen LogP contribution is -1.95. The van der Waals surface area contributed by atoms with Gasteiger partial charge < -0.3 is 0 Å². The predicted molar refractivity (Wildman–Crippen MR) is 53.5 cm³/mol. The van der Waals surface area contributed by atoms with E-state index in [1.165, 1.54) is 0 Å². The Bertz CT molecular complexity index is 302. The van der Waals surface area contributed by atoms with Crippen LogP contribution in [0.5, 0.6) is 0 Å². The molecule has 0 saturated carbocycles. The fourth-order valence-corrected chi connectivity index (χ4v) is 1.57. The number of alkyl halides is 1. The molecule has 0 bridgehead atoms. The molecule has 0 nitrogen and oxygen atoms in total. The summed E-state index contributed by atoms with van der Waals surface area (Å²) in [7, 11) is 0. The first-order valence-electron chi connectivity index (χ1n) is 3.85. The van der Waals surface area contributed by atoms with Gasteiger partial charge in [-0.3, -0.25) is 0 Å². The van der Waals surface area contributed by atoms with E-state index in [2.05, 4.69) is 15.9 Å². The minimum atomic E-state index is -0.562. The zero-order chi connectivity index (χ0) is 9.84. The van der Waals surface area contributed by atoms with Crippen molar-refractivity contribution in [1.29, 1.82) is 0 Å². The Morgan fingerprint density at radius 1 is 1.23 bits per heavy atom. The van der Waals surface area contributed by atoms with Crippen molar-refractivity contribution in [3.8, 4) is 0 Å².